The summed E-state index contributed by atoms with van der Waals surface area (Å²) in [4.78, 5) is 0.114. The number of nitrogens with zero attached hydrogens (tertiary/aromatic N) is 1. The van der Waals surface area contributed by atoms with Crippen LogP contribution in [0.2, 0.25) is 0 Å². The zero-order valence-electron chi connectivity index (χ0n) is 11.6. The second kappa shape index (κ2) is 8.10. The molecule has 0 radical (unpaired) electrons. The van der Waals surface area contributed by atoms with Gasteiger partial charge in [0.05, 0.1) is 0 Å². The van der Waals surface area contributed by atoms with Gasteiger partial charge in [-0.2, -0.15) is 0 Å². The summed E-state index contributed by atoms with van der Waals surface area (Å²) in [6.45, 7) is 4.27. The number of hydrogen-bond acceptors (Lipinski definition) is 4. The minimum atomic E-state index is -3.62. The zero-order chi connectivity index (χ0) is 13.9. The third kappa shape index (κ3) is 4.96. The molecule has 1 aromatic rings. The van der Waals surface area contributed by atoms with E-state index in [1.54, 1.807) is 12.1 Å². The van der Waals surface area contributed by atoms with E-state index in [4.69, 9.17) is 11.8 Å². The molecule has 0 aliphatic carbocycles. The summed E-state index contributed by atoms with van der Waals surface area (Å²) < 4.78 is 24.8. The third-order valence-electron chi connectivity index (χ3n) is 3.28. The Morgan fingerprint density at radius 2 is 1.65 bits per heavy atom. The van der Waals surface area contributed by atoms with Gasteiger partial charge in [0.1, 0.15) is 10.0 Å². The molecule has 2 saturated heterocycles. The number of rotatable bonds is 2. The van der Waals surface area contributed by atoms with Crippen LogP contribution in [-0.4, -0.2) is 33.6 Å². The summed E-state index contributed by atoms with van der Waals surface area (Å²) in [7, 11) is -3.62. The molecule has 5 nitrogen and oxygen atoms in total. The van der Waals surface area contributed by atoms with Crippen molar-refractivity contribution in [3.8, 4) is 0 Å². The quantitative estimate of drug-likeness (QED) is 0.652. The van der Waals surface area contributed by atoms with Crippen LogP contribution in [0.4, 0.5) is 0 Å². The maximum atomic E-state index is 11.0. The Morgan fingerprint density at radius 1 is 1.15 bits per heavy atom. The Balaban J connectivity index is 0.000000212. The van der Waals surface area contributed by atoms with E-state index < -0.39 is 10.0 Å². The number of piperazine rings is 1. The summed E-state index contributed by atoms with van der Waals surface area (Å²) in [5, 5.41) is 6.79. The summed E-state index contributed by atoms with van der Waals surface area (Å²) in [6.07, 6.45) is 1.36. The van der Waals surface area contributed by atoms with E-state index in [9.17, 15) is 8.42 Å². The monoisotopic (exact) mass is 325 g/mol. The van der Waals surface area contributed by atoms with Crippen LogP contribution in [0.25, 0.3) is 4.24 Å². The number of benzene rings is 1. The van der Waals surface area contributed by atoms with Crippen LogP contribution < -0.4 is 40.2 Å². The van der Waals surface area contributed by atoms with Gasteiger partial charge in [-0.1, -0.05) is 17.7 Å². The minimum Gasteiger partial charge on any atom is -0.458 e. The van der Waals surface area contributed by atoms with E-state index in [1.165, 1.54) is 31.6 Å². The maximum absolute atomic E-state index is 11.0. The van der Waals surface area contributed by atoms with E-state index in [2.05, 4.69) is 14.9 Å². The van der Waals surface area contributed by atoms with Crippen molar-refractivity contribution in [1.82, 2.24) is 10.6 Å². The van der Waals surface area contributed by atoms with Crippen LogP contribution in [0.15, 0.2) is 29.2 Å². The molecular weight excluding hydrogens is 309 g/mol. The number of nitrogens with one attached hydrogen (secondary N) is 2. The Kier molecular flexibility index (Phi) is 7.45. The fraction of sp³-hybridized carbons (Fsp3) is 0.500. The van der Waals surface area contributed by atoms with Gasteiger partial charge < -0.3 is 14.9 Å². The first-order valence-electron chi connectivity index (χ1n) is 6.13. The largest absolute Gasteiger partial charge is 1.00 e. The molecule has 2 atom stereocenters. The van der Waals surface area contributed by atoms with Crippen molar-refractivity contribution in [2.24, 2.45) is 0 Å². The average Bonchev–Trinajstić information content (AvgIpc) is 3.05. The molecule has 0 spiro atoms. The van der Waals surface area contributed by atoms with E-state index in [0.717, 1.165) is 17.6 Å². The molecule has 1 aromatic carbocycles. The Morgan fingerprint density at radius 3 is 1.95 bits per heavy atom. The van der Waals surface area contributed by atoms with Gasteiger partial charge in [0.25, 0.3) is 0 Å². The first kappa shape index (κ1) is 18.4. The third-order valence-corrected chi connectivity index (χ3v) is 4.88. The van der Waals surface area contributed by atoms with Crippen LogP contribution in [0, 0.1) is 6.92 Å². The maximum Gasteiger partial charge on any atom is 1.00 e. The van der Waals surface area contributed by atoms with Crippen molar-refractivity contribution in [3.05, 3.63) is 34.1 Å². The molecule has 0 saturated carbocycles. The molecule has 2 aliphatic heterocycles. The van der Waals surface area contributed by atoms with E-state index in [-0.39, 0.29) is 34.5 Å². The van der Waals surface area contributed by atoms with Crippen molar-refractivity contribution in [3.63, 3.8) is 0 Å². The predicted octanol–water partition coefficient (Wildman–Crippen LogP) is -1.46. The summed E-state index contributed by atoms with van der Waals surface area (Å²) in [6, 6.07) is 7.94. The van der Waals surface area contributed by atoms with E-state index >= 15 is 0 Å². The Hall–Kier alpha value is 0.340. The number of fused-ring (bicyclic) bond motifs is 2. The molecule has 2 bridgehead atoms. The SMILES string of the molecule is C1NC2CNC1C2.Cc1ccc(S(=O)(=O)[N-]Cl)cc1.[Na+]. The van der Waals surface area contributed by atoms with Gasteiger partial charge in [-0.15, -0.1) is 0 Å². The molecule has 2 aliphatic rings. The Labute approximate surface area is 147 Å². The van der Waals surface area contributed by atoms with Gasteiger partial charge in [0.2, 0.25) is 0 Å². The fourth-order valence-corrected chi connectivity index (χ4v) is 2.99. The minimum absolute atomic E-state index is 0. The van der Waals surface area contributed by atoms with Gasteiger partial charge in [-0.25, -0.2) is 8.42 Å². The van der Waals surface area contributed by atoms with Crippen LogP contribution in [0.1, 0.15) is 12.0 Å². The first-order chi connectivity index (χ1) is 9.01. The number of halogens is 1. The Bertz CT molecular complexity index is 506. The van der Waals surface area contributed by atoms with Gasteiger partial charge in [-0.3, -0.25) is 11.8 Å². The van der Waals surface area contributed by atoms with Gasteiger partial charge in [0.15, 0.2) is 0 Å². The molecule has 2 fully saturated rings. The molecule has 2 N–H and O–H groups in total. The van der Waals surface area contributed by atoms with E-state index in [1.807, 2.05) is 6.92 Å². The summed E-state index contributed by atoms with van der Waals surface area (Å²) in [5.41, 5.74) is 0.989. The summed E-state index contributed by atoms with van der Waals surface area (Å²) >= 11 is 4.90. The molecule has 0 aromatic heterocycles. The van der Waals surface area contributed by atoms with Gasteiger partial charge in [-0.05, 0) is 25.5 Å². The van der Waals surface area contributed by atoms with Crippen molar-refractivity contribution in [2.75, 3.05) is 13.1 Å². The van der Waals surface area contributed by atoms with Crippen molar-refractivity contribution in [2.45, 2.75) is 30.3 Å². The van der Waals surface area contributed by atoms with Gasteiger partial charge in [0, 0.05) is 30.1 Å². The smallest absolute Gasteiger partial charge is 0.458 e. The molecule has 0 amide bonds. The first-order valence-corrected chi connectivity index (χ1v) is 7.91. The van der Waals surface area contributed by atoms with Crippen LogP contribution in [-0.2, 0) is 10.0 Å². The molecule has 2 heterocycles. The van der Waals surface area contributed by atoms with Crippen LogP contribution >= 0.6 is 11.8 Å². The topological polar surface area (TPSA) is 72.3 Å². The van der Waals surface area contributed by atoms with Crippen LogP contribution in [0.5, 0.6) is 0 Å². The zero-order valence-corrected chi connectivity index (χ0v) is 15.2. The second-order valence-electron chi connectivity index (χ2n) is 4.80. The molecule has 8 heteroatoms. The van der Waals surface area contributed by atoms with E-state index in [0.29, 0.717) is 0 Å². The predicted molar refractivity (Wildman–Crippen MR) is 75.8 cm³/mol. The molecule has 2 unspecified atom stereocenters. The van der Waals surface area contributed by atoms with Crippen molar-refractivity contribution in [1.29, 1.82) is 0 Å². The average molecular weight is 326 g/mol. The van der Waals surface area contributed by atoms with Crippen molar-refractivity contribution >= 4 is 21.8 Å². The normalized spacial score (nSPS) is 23.7. The fourth-order valence-electron chi connectivity index (χ4n) is 2.19. The van der Waals surface area contributed by atoms with Crippen molar-refractivity contribution < 1.29 is 38.0 Å². The van der Waals surface area contributed by atoms with Gasteiger partial charge >= 0.3 is 29.6 Å². The molecule has 3 rings (SSSR count). The number of aryl methyl sites for hydroxylation is 1. The number of hydrogen-bond donors (Lipinski definition) is 2. The second-order valence-corrected chi connectivity index (χ2v) is 6.78. The molecule has 20 heavy (non-hydrogen) atoms. The number of sulfonamides is 1. The molecule has 106 valence electrons. The van der Waals surface area contributed by atoms with Crippen LogP contribution in [0.3, 0.4) is 0 Å². The summed E-state index contributed by atoms with van der Waals surface area (Å²) in [5.74, 6) is 0. The standard InChI is InChI=1S/C7H7ClNO2S.C5H10N2.Na/c1-6-2-4-7(5-3-6)12(10,11)9-8;1-4-2-6-5(1)3-7-4;/h2-5H,1H3;4-7H,1-3H2;/q-1;;+1. The molecular formula is C12H17ClN3NaO2S.